The van der Waals surface area contributed by atoms with Gasteiger partial charge < -0.3 is 20.5 Å². The van der Waals surface area contributed by atoms with E-state index in [1.807, 2.05) is 0 Å². The molecule has 0 saturated carbocycles. The van der Waals surface area contributed by atoms with Crippen molar-refractivity contribution in [3.05, 3.63) is 65.7 Å². The fraction of sp³-hybridized carbons (Fsp3) is 0.211. The van der Waals surface area contributed by atoms with Crippen molar-refractivity contribution in [1.82, 2.24) is 5.32 Å². The molecule has 1 unspecified atom stereocenters. The summed E-state index contributed by atoms with van der Waals surface area (Å²) in [7, 11) is 0. The maximum Gasteiger partial charge on any atom is 0.326 e. The smallest absolute Gasteiger partial charge is 0.326 e. The highest BCUT2D eigenvalue weighted by molar-refractivity contribution is 5.98. The number of primary amides is 1. The van der Waals surface area contributed by atoms with Crippen molar-refractivity contribution < 1.29 is 23.9 Å². The molecule has 0 fully saturated rings. The zero-order chi connectivity index (χ0) is 18.9. The Morgan fingerprint density at radius 3 is 2.35 bits per heavy atom. The van der Waals surface area contributed by atoms with E-state index in [0.29, 0.717) is 23.5 Å². The third-order valence-electron chi connectivity index (χ3n) is 3.43. The number of hydrogen-bond acceptors (Lipinski definition) is 5. The van der Waals surface area contributed by atoms with Crippen LogP contribution in [-0.4, -0.2) is 30.9 Å². The Balaban J connectivity index is 1.97. The molecule has 0 saturated heterocycles. The number of ether oxygens (including phenoxy) is 2. The normalized spacial score (nSPS) is 11.3. The van der Waals surface area contributed by atoms with Crippen molar-refractivity contribution in [2.24, 2.45) is 5.73 Å². The molecule has 3 N–H and O–H groups in total. The van der Waals surface area contributed by atoms with Crippen molar-refractivity contribution in [3.63, 3.8) is 0 Å². The summed E-state index contributed by atoms with van der Waals surface area (Å²) >= 11 is 0. The third-order valence-corrected chi connectivity index (χ3v) is 3.43. The van der Waals surface area contributed by atoms with Crippen molar-refractivity contribution in [2.45, 2.75) is 13.0 Å². The second kappa shape index (κ2) is 9.22. The summed E-state index contributed by atoms with van der Waals surface area (Å²) in [6.07, 6.45) is -1.21. The van der Waals surface area contributed by atoms with E-state index in [4.69, 9.17) is 15.2 Å². The SMILES string of the molecule is CCOc1ccccc1C(=O)NCC(=O)OC(C(N)=O)c1ccccc1. The second-order valence-electron chi connectivity index (χ2n) is 5.29. The predicted molar refractivity (Wildman–Crippen MR) is 94.4 cm³/mol. The van der Waals surface area contributed by atoms with Gasteiger partial charge in [0.05, 0.1) is 12.2 Å². The highest BCUT2D eigenvalue weighted by Crippen LogP contribution is 2.18. The summed E-state index contributed by atoms with van der Waals surface area (Å²) in [5, 5.41) is 2.45. The first-order valence-corrected chi connectivity index (χ1v) is 8.06. The van der Waals surface area contributed by atoms with Crippen LogP contribution in [0.25, 0.3) is 0 Å². The monoisotopic (exact) mass is 356 g/mol. The summed E-state index contributed by atoms with van der Waals surface area (Å²) < 4.78 is 10.5. The average molecular weight is 356 g/mol. The molecule has 26 heavy (non-hydrogen) atoms. The van der Waals surface area contributed by atoms with Crippen LogP contribution in [0.4, 0.5) is 0 Å². The lowest BCUT2D eigenvalue weighted by Gasteiger charge is -2.15. The van der Waals surface area contributed by atoms with Crippen LogP contribution in [0.5, 0.6) is 5.75 Å². The van der Waals surface area contributed by atoms with Crippen LogP contribution in [0.1, 0.15) is 28.9 Å². The third kappa shape index (κ3) is 5.07. The molecule has 0 aliphatic heterocycles. The van der Waals surface area contributed by atoms with E-state index in [9.17, 15) is 14.4 Å². The number of amides is 2. The van der Waals surface area contributed by atoms with E-state index in [-0.39, 0.29) is 0 Å². The van der Waals surface area contributed by atoms with Gasteiger partial charge in [0.25, 0.3) is 11.8 Å². The van der Waals surface area contributed by atoms with Gasteiger partial charge in [-0.2, -0.15) is 0 Å². The molecule has 1 atom stereocenters. The molecule has 2 aromatic rings. The van der Waals surface area contributed by atoms with Crippen molar-refractivity contribution >= 4 is 17.8 Å². The molecular formula is C19H20N2O5. The molecule has 2 aromatic carbocycles. The molecule has 0 aliphatic carbocycles. The number of carbonyl (C=O) groups is 3. The number of nitrogens with one attached hydrogen (secondary N) is 1. The number of hydrogen-bond donors (Lipinski definition) is 2. The van der Waals surface area contributed by atoms with E-state index >= 15 is 0 Å². The number of carbonyl (C=O) groups excluding carboxylic acids is 3. The molecule has 0 bridgehead atoms. The van der Waals surface area contributed by atoms with E-state index in [1.54, 1.807) is 61.5 Å². The van der Waals surface area contributed by atoms with Gasteiger partial charge in [-0.15, -0.1) is 0 Å². The summed E-state index contributed by atoms with van der Waals surface area (Å²) in [4.78, 5) is 35.8. The number of para-hydroxylation sites is 1. The molecule has 0 aromatic heterocycles. The van der Waals surface area contributed by atoms with Crippen molar-refractivity contribution in [3.8, 4) is 5.75 Å². The maximum atomic E-state index is 12.2. The van der Waals surface area contributed by atoms with Crippen molar-refractivity contribution in [2.75, 3.05) is 13.2 Å². The molecular weight excluding hydrogens is 336 g/mol. The first kappa shape index (κ1) is 19.0. The van der Waals surface area contributed by atoms with E-state index in [0.717, 1.165) is 0 Å². The summed E-state index contributed by atoms with van der Waals surface area (Å²) in [6.45, 7) is 1.80. The molecule has 7 nitrogen and oxygen atoms in total. The summed E-state index contributed by atoms with van der Waals surface area (Å²) in [6, 6.07) is 15.1. The Hall–Kier alpha value is -3.35. The van der Waals surface area contributed by atoms with E-state index < -0.39 is 30.4 Å². The lowest BCUT2D eigenvalue weighted by atomic mass is 10.1. The van der Waals surface area contributed by atoms with Crippen LogP contribution in [-0.2, 0) is 14.3 Å². The summed E-state index contributed by atoms with van der Waals surface area (Å²) in [5.74, 6) is -1.64. The highest BCUT2D eigenvalue weighted by atomic mass is 16.5. The van der Waals surface area contributed by atoms with Gasteiger partial charge in [-0.05, 0) is 19.1 Å². The maximum absolute atomic E-state index is 12.2. The molecule has 136 valence electrons. The number of benzene rings is 2. The quantitative estimate of drug-likeness (QED) is 0.698. The Morgan fingerprint density at radius 1 is 1.04 bits per heavy atom. The van der Waals surface area contributed by atoms with Gasteiger partial charge in [0.2, 0.25) is 6.10 Å². The second-order valence-corrected chi connectivity index (χ2v) is 5.29. The Morgan fingerprint density at radius 2 is 1.69 bits per heavy atom. The largest absolute Gasteiger partial charge is 0.493 e. The lowest BCUT2D eigenvalue weighted by Crippen LogP contribution is -2.34. The van der Waals surface area contributed by atoms with Crippen molar-refractivity contribution in [1.29, 1.82) is 0 Å². The van der Waals surface area contributed by atoms with Crippen LogP contribution < -0.4 is 15.8 Å². The van der Waals surface area contributed by atoms with Gasteiger partial charge in [-0.3, -0.25) is 14.4 Å². The van der Waals surface area contributed by atoms with Gasteiger partial charge in [-0.25, -0.2) is 0 Å². The highest BCUT2D eigenvalue weighted by Gasteiger charge is 2.23. The predicted octanol–water partition coefficient (Wildman–Crippen LogP) is 1.58. The fourth-order valence-corrected chi connectivity index (χ4v) is 2.27. The minimum absolute atomic E-state index is 0.302. The molecule has 7 heteroatoms. The lowest BCUT2D eigenvalue weighted by molar-refractivity contribution is -0.154. The van der Waals surface area contributed by atoms with Gasteiger partial charge in [0.1, 0.15) is 12.3 Å². The molecule has 0 heterocycles. The Bertz CT molecular complexity index is 777. The van der Waals surface area contributed by atoms with E-state index in [2.05, 4.69) is 5.32 Å². The van der Waals surface area contributed by atoms with Crippen LogP contribution in [0.3, 0.4) is 0 Å². The van der Waals surface area contributed by atoms with Crippen LogP contribution in [0.15, 0.2) is 54.6 Å². The van der Waals surface area contributed by atoms with Crippen LogP contribution in [0.2, 0.25) is 0 Å². The Labute approximate surface area is 151 Å². The summed E-state index contributed by atoms with van der Waals surface area (Å²) in [5.41, 5.74) is 6.06. The molecule has 2 rings (SSSR count). The molecule has 0 spiro atoms. The number of nitrogens with two attached hydrogens (primary N) is 1. The fourth-order valence-electron chi connectivity index (χ4n) is 2.27. The number of esters is 1. The van der Waals surface area contributed by atoms with Gasteiger partial charge in [-0.1, -0.05) is 42.5 Å². The van der Waals surface area contributed by atoms with Gasteiger partial charge in [0.15, 0.2) is 0 Å². The minimum atomic E-state index is -1.21. The first-order chi connectivity index (χ1) is 12.5. The zero-order valence-electron chi connectivity index (χ0n) is 14.3. The minimum Gasteiger partial charge on any atom is -0.493 e. The molecule has 0 radical (unpaired) electrons. The molecule has 0 aliphatic rings. The van der Waals surface area contributed by atoms with Gasteiger partial charge in [0, 0.05) is 5.56 Å². The molecule has 2 amide bonds. The topological polar surface area (TPSA) is 108 Å². The van der Waals surface area contributed by atoms with Crippen LogP contribution in [0, 0.1) is 0 Å². The first-order valence-electron chi connectivity index (χ1n) is 8.06. The Kier molecular flexibility index (Phi) is 6.73. The van der Waals surface area contributed by atoms with Crippen LogP contribution >= 0.6 is 0 Å². The number of rotatable bonds is 8. The van der Waals surface area contributed by atoms with E-state index in [1.165, 1.54) is 0 Å². The standard InChI is InChI=1S/C19H20N2O5/c1-2-25-15-11-7-6-10-14(15)19(24)21-12-16(22)26-17(18(20)23)13-8-4-3-5-9-13/h3-11,17H,2,12H2,1H3,(H2,20,23)(H,21,24). The average Bonchev–Trinajstić information content (AvgIpc) is 2.65. The van der Waals surface area contributed by atoms with Gasteiger partial charge >= 0.3 is 5.97 Å². The zero-order valence-corrected chi connectivity index (χ0v) is 14.3.